The fourth-order valence-corrected chi connectivity index (χ4v) is 3.67. The van der Waals surface area contributed by atoms with E-state index in [0.29, 0.717) is 43.0 Å². The van der Waals surface area contributed by atoms with E-state index >= 15 is 0 Å². The zero-order valence-electron chi connectivity index (χ0n) is 17.5. The number of nitrogens with zero attached hydrogens (tertiary/aromatic N) is 1. The molecule has 2 aliphatic rings. The topological polar surface area (TPSA) is 97.0 Å². The van der Waals surface area contributed by atoms with E-state index < -0.39 is 5.60 Å². The summed E-state index contributed by atoms with van der Waals surface area (Å²) >= 11 is 0. The number of rotatable bonds is 3. The van der Waals surface area contributed by atoms with E-state index in [9.17, 15) is 14.4 Å². The maximum atomic E-state index is 12.6. The van der Waals surface area contributed by atoms with Crippen LogP contribution in [0.25, 0.3) is 0 Å². The van der Waals surface area contributed by atoms with Gasteiger partial charge in [0.25, 0.3) is 5.91 Å². The maximum absolute atomic E-state index is 12.6. The first kappa shape index (κ1) is 21.0. The molecule has 2 heterocycles. The van der Waals surface area contributed by atoms with Crippen molar-refractivity contribution in [2.45, 2.75) is 51.2 Å². The third-order valence-electron chi connectivity index (χ3n) is 5.16. The number of carbonyl (C=O) groups is 3. The Morgan fingerprint density at radius 2 is 2.07 bits per heavy atom. The third kappa shape index (κ3) is 4.99. The van der Waals surface area contributed by atoms with E-state index in [-0.39, 0.29) is 36.2 Å². The van der Waals surface area contributed by atoms with Gasteiger partial charge in [0.1, 0.15) is 17.1 Å². The van der Waals surface area contributed by atoms with Gasteiger partial charge in [-0.05, 0) is 39.3 Å². The smallest absolute Gasteiger partial charge is 0.255 e. The Labute approximate surface area is 170 Å². The van der Waals surface area contributed by atoms with Gasteiger partial charge in [-0.15, -0.1) is 0 Å². The molecule has 1 unspecified atom stereocenters. The number of benzene rings is 1. The standard InChI is InChI=1S/C21H29N3O5/c1-20(2,3)23-17(25)12-24-10-9-21(8-7-18(24)26)13-22-19(27)15-6-5-14(28-4)11-16(15)29-21/h5-6,11H,7-10,12-13H2,1-4H3,(H,22,27)(H,23,25). The quantitative estimate of drug-likeness (QED) is 0.797. The second-order valence-corrected chi connectivity index (χ2v) is 8.69. The lowest BCUT2D eigenvalue weighted by atomic mass is 9.94. The lowest BCUT2D eigenvalue weighted by molar-refractivity contribution is -0.136. The Balaban J connectivity index is 1.76. The van der Waals surface area contributed by atoms with E-state index in [0.717, 1.165) is 0 Å². The molecule has 8 nitrogen and oxygen atoms in total. The van der Waals surface area contributed by atoms with Gasteiger partial charge in [0, 0.05) is 31.0 Å². The van der Waals surface area contributed by atoms with Gasteiger partial charge in [0.15, 0.2) is 0 Å². The largest absolute Gasteiger partial charge is 0.497 e. The van der Waals surface area contributed by atoms with E-state index in [1.54, 1.807) is 30.2 Å². The van der Waals surface area contributed by atoms with Crippen molar-refractivity contribution in [2.75, 3.05) is 26.7 Å². The van der Waals surface area contributed by atoms with Crippen LogP contribution in [-0.2, 0) is 9.59 Å². The van der Waals surface area contributed by atoms with Crippen molar-refractivity contribution in [3.05, 3.63) is 23.8 Å². The van der Waals surface area contributed by atoms with E-state index in [1.165, 1.54) is 0 Å². The van der Waals surface area contributed by atoms with E-state index in [4.69, 9.17) is 9.47 Å². The first-order chi connectivity index (χ1) is 13.6. The van der Waals surface area contributed by atoms with Crippen molar-refractivity contribution in [1.29, 1.82) is 0 Å². The minimum absolute atomic E-state index is 0.0168. The SMILES string of the molecule is COc1ccc2c(c1)OC1(CCC(=O)N(CC(=O)NC(C)(C)C)CC1)CNC2=O. The fraction of sp³-hybridized carbons (Fsp3) is 0.571. The lowest BCUT2D eigenvalue weighted by Gasteiger charge is -2.32. The Morgan fingerprint density at radius 1 is 1.31 bits per heavy atom. The number of nitrogens with one attached hydrogen (secondary N) is 2. The summed E-state index contributed by atoms with van der Waals surface area (Å²) in [7, 11) is 1.55. The van der Waals surface area contributed by atoms with Crippen LogP contribution in [0.3, 0.4) is 0 Å². The number of ether oxygens (including phenoxy) is 2. The highest BCUT2D eigenvalue weighted by Crippen LogP contribution is 2.35. The molecule has 1 atom stereocenters. The molecule has 3 rings (SSSR count). The average molecular weight is 403 g/mol. The van der Waals surface area contributed by atoms with Crippen LogP contribution < -0.4 is 20.1 Å². The number of hydrogen-bond acceptors (Lipinski definition) is 5. The molecule has 0 bridgehead atoms. The molecule has 1 fully saturated rings. The van der Waals surface area contributed by atoms with Crippen LogP contribution in [0.15, 0.2) is 18.2 Å². The van der Waals surface area contributed by atoms with Crippen LogP contribution in [0, 0.1) is 0 Å². The normalized spacial score (nSPS) is 22.1. The number of likely N-dealkylation sites (tertiary alicyclic amines) is 1. The van der Waals surface area contributed by atoms with Crippen molar-refractivity contribution >= 4 is 17.7 Å². The molecule has 0 radical (unpaired) electrons. The van der Waals surface area contributed by atoms with Crippen molar-refractivity contribution in [2.24, 2.45) is 0 Å². The highest BCUT2D eigenvalue weighted by atomic mass is 16.5. The second kappa shape index (κ2) is 7.93. The van der Waals surface area contributed by atoms with Crippen molar-refractivity contribution in [1.82, 2.24) is 15.5 Å². The van der Waals surface area contributed by atoms with Crippen LogP contribution in [0.1, 0.15) is 50.4 Å². The Bertz CT molecular complexity index is 817. The molecule has 1 aromatic rings. The van der Waals surface area contributed by atoms with Crippen LogP contribution in [0.4, 0.5) is 0 Å². The van der Waals surface area contributed by atoms with E-state index in [2.05, 4.69) is 10.6 Å². The molecule has 0 saturated carbocycles. The molecular weight excluding hydrogens is 374 g/mol. The molecule has 2 aliphatic heterocycles. The summed E-state index contributed by atoms with van der Waals surface area (Å²) in [6.07, 6.45) is 1.22. The monoisotopic (exact) mass is 403 g/mol. The summed E-state index contributed by atoms with van der Waals surface area (Å²) in [6, 6.07) is 5.09. The van der Waals surface area contributed by atoms with Crippen molar-refractivity contribution < 1.29 is 23.9 Å². The summed E-state index contributed by atoms with van der Waals surface area (Å²) in [5, 5.41) is 5.80. The second-order valence-electron chi connectivity index (χ2n) is 8.69. The average Bonchev–Trinajstić information content (AvgIpc) is 2.87. The molecule has 158 valence electrons. The summed E-state index contributed by atoms with van der Waals surface area (Å²) in [5.41, 5.74) is -0.623. The molecule has 1 saturated heterocycles. The Hall–Kier alpha value is -2.77. The van der Waals surface area contributed by atoms with Gasteiger partial charge in [0.2, 0.25) is 11.8 Å². The van der Waals surface area contributed by atoms with Gasteiger partial charge in [0.05, 0.1) is 25.8 Å². The first-order valence-corrected chi connectivity index (χ1v) is 9.85. The zero-order valence-corrected chi connectivity index (χ0v) is 17.5. The van der Waals surface area contributed by atoms with Gasteiger partial charge in [-0.2, -0.15) is 0 Å². The number of fused-ring (bicyclic) bond motifs is 1. The van der Waals surface area contributed by atoms with Crippen LogP contribution in [0.5, 0.6) is 11.5 Å². The molecular formula is C21H29N3O5. The van der Waals surface area contributed by atoms with Gasteiger partial charge in [-0.3, -0.25) is 14.4 Å². The number of methoxy groups -OCH3 is 1. The zero-order chi connectivity index (χ0) is 21.2. The molecule has 0 aromatic heterocycles. The third-order valence-corrected chi connectivity index (χ3v) is 5.16. The summed E-state index contributed by atoms with van der Waals surface area (Å²) < 4.78 is 11.6. The summed E-state index contributed by atoms with van der Waals surface area (Å²) in [5.74, 6) is 0.559. The molecule has 0 aliphatic carbocycles. The summed E-state index contributed by atoms with van der Waals surface area (Å²) in [4.78, 5) is 38.9. The van der Waals surface area contributed by atoms with Gasteiger partial charge in [-0.25, -0.2) is 0 Å². The lowest BCUT2D eigenvalue weighted by Crippen LogP contribution is -2.48. The Kier molecular flexibility index (Phi) is 5.73. The number of amides is 3. The van der Waals surface area contributed by atoms with Gasteiger partial charge < -0.3 is 25.0 Å². The van der Waals surface area contributed by atoms with Gasteiger partial charge in [-0.1, -0.05) is 0 Å². The predicted molar refractivity (Wildman–Crippen MR) is 107 cm³/mol. The van der Waals surface area contributed by atoms with Crippen LogP contribution >= 0.6 is 0 Å². The van der Waals surface area contributed by atoms with Crippen LogP contribution in [-0.4, -0.2) is 60.5 Å². The minimum Gasteiger partial charge on any atom is -0.497 e. The van der Waals surface area contributed by atoms with Gasteiger partial charge >= 0.3 is 0 Å². The van der Waals surface area contributed by atoms with E-state index in [1.807, 2.05) is 20.8 Å². The highest BCUT2D eigenvalue weighted by Gasteiger charge is 2.40. The molecule has 1 spiro atoms. The summed E-state index contributed by atoms with van der Waals surface area (Å²) in [6.45, 7) is 6.40. The molecule has 2 N–H and O–H groups in total. The predicted octanol–water partition coefficient (Wildman–Crippen LogP) is 1.48. The molecule has 3 amide bonds. The molecule has 29 heavy (non-hydrogen) atoms. The maximum Gasteiger partial charge on any atom is 0.255 e. The minimum atomic E-state index is -0.710. The number of hydrogen-bond donors (Lipinski definition) is 2. The van der Waals surface area contributed by atoms with Crippen molar-refractivity contribution in [3.63, 3.8) is 0 Å². The van der Waals surface area contributed by atoms with Crippen LogP contribution in [0.2, 0.25) is 0 Å². The van der Waals surface area contributed by atoms with Crippen molar-refractivity contribution in [3.8, 4) is 11.5 Å². The number of carbonyl (C=O) groups excluding carboxylic acids is 3. The molecule has 8 heteroatoms. The first-order valence-electron chi connectivity index (χ1n) is 9.85. The molecule has 1 aromatic carbocycles. The Morgan fingerprint density at radius 3 is 2.76 bits per heavy atom. The fourth-order valence-electron chi connectivity index (χ4n) is 3.67. The highest BCUT2D eigenvalue weighted by molar-refractivity contribution is 5.97.